The topological polar surface area (TPSA) is 75.6 Å². The van der Waals surface area contributed by atoms with Gasteiger partial charge in [0.25, 0.3) is 5.91 Å². The van der Waals surface area contributed by atoms with E-state index in [2.05, 4.69) is 17.4 Å². The third-order valence-corrected chi connectivity index (χ3v) is 4.86. The van der Waals surface area contributed by atoms with Crippen LogP contribution in [0.5, 0.6) is 0 Å². The van der Waals surface area contributed by atoms with E-state index in [4.69, 9.17) is 5.21 Å². The van der Waals surface area contributed by atoms with Gasteiger partial charge >= 0.3 is 0 Å². The Balaban J connectivity index is 1.74. The van der Waals surface area contributed by atoms with Crippen molar-refractivity contribution in [1.29, 1.82) is 0 Å². The van der Waals surface area contributed by atoms with Gasteiger partial charge in [0.2, 0.25) is 0 Å². The van der Waals surface area contributed by atoms with E-state index in [0.717, 1.165) is 25.7 Å². The molecule has 0 spiro atoms. The van der Waals surface area contributed by atoms with Gasteiger partial charge in [0, 0.05) is 17.5 Å². The second-order valence-corrected chi connectivity index (χ2v) is 6.36. The van der Waals surface area contributed by atoms with Crippen molar-refractivity contribution in [3.8, 4) is 0 Å². The third-order valence-electron chi connectivity index (χ3n) is 4.86. The molecule has 1 fully saturated rings. The Hall–Kier alpha value is -2.37. The lowest BCUT2D eigenvalue weighted by Crippen LogP contribution is -2.39. The van der Waals surface area contributed by atoms with Crippen LogP contribution in [0.4, 0.5) is 5.69 Å². The standard InChI is InChI=1S/C19H21N2O3/c22-18(15-7-6-10-17(13-15)21(23)24)20-14-19(11-4-5-12-19)16-8-2-1-3-9-16/h1-3,6-10,13,23H,4-5,11-12,14H2,(H,20,22)/q-1. The second kappa shape index (κ2) is 7.03. The van der Waals surface area contributed by atoms with E-state index >= 15 is 0 Å². The Kier molecular flexibility index (Phi) is 4.83. The van der Waals surface area contributed by atoms with Crippen LogP contribution in [-0.4, -0.2) is 17.7 Å². The van der Waals surface area contributed by atoms with Gasteiger partial charge in [-0.25, -0.2) is 0 Å². The smallest absolute Gasteiger partial charge is 0.251 e. The zero-order chi connectivity index (χ0) is 17.0. The van der Waals surface area contributed by atoms with Gasteiger partial charge in [0.15, 0.2) is 0 Å². The van der Waals surface area contributed by atoms with Crippen molar-refractivity contribution in [2.75, 3.05) is 11.8 Å². The molecule has 1 saturated carbocycles. The number of amides is 1. The molecule has 0 unspecified atom stereocenters. The van der Waals surface area contributed by atoms with Crippen molar-refractivity contribution < 1.29 is 10.0 Å². The quantitative estimate of drug-likeness (QED) is 0.823. The molecule has 0 heterocycles. The second-order valence-electron chi connectivity index (χ2n) is 6.36. The normalized spacial score (nSPS) is 15.9. The first-order valence-corrected chi connectivity index (χ1v) is 8.21. The highest BCUT2D eigenvalue weighted by molar-refractivity contribution is 5.95. The summed E-state index contributed by atoms with van der Waals surface area (Å²) in [5.74, 6) is -0.235. The zero-order valence-corrected chi connectivity index (χ0v) is 13.4. The molecule has 1 aliphatic rings. The SMILES string of the molecule is O=C(NCC1(c2ccccc2)CCCC1)c1cccc(N([O-])O)c1. The zero-order valence-electron chi connectivity index (χ0n) is 13.4. The molecular weight excluding hydrogens is 304 g/mol. The molecule has 2 N–H and O–H groups in total. The number of carbonyl (C=O) groups is 1. The van der Waals surface area contributed by atoms with E-state index in [-0.39, 0.29) is 22.2 Å². The fourth-order valence-electron chi connectivity index (χ4n) is 3.53. The number of nitrogens with one attached hydrogen (secondary N) is 1. The molecule has 126 valence electrons. The Bertz CT molecular complexity index is 695. The van der Waals surface area contributed by atoms with Crippen molar-refractivity contribution >= 4 is 11.6 Å². The summed E-state index contributed by atoms with van der Waals surface area (Å²) >= 11 is 0. The first kappa shape index (κ1) is 16.5. The minimum absolute atomic E-state index is 0.0178. The van der Waals surface area contributed by atoms with Gasteiger partial charge in [0.05, 0.1) is 5.69 Å². The highest BCUT2D eigenvalue weighted by Crippen LogP contribution is 2.40. The Labute approximate surface area is 141 Å². The van der Waals surface area contributed by atoms with Gasteiger partial charge in [0.1, 0.15) is 0 Å². The van der Waals surface area contributed by atoms with Gasteiger partial charge in [-0.2, -0.15) is 0 Å². The van der Waals surface area contributed by atoms with Crippen LogP contribution in [0.25, 0.3) is 0 Å². The number of rotatable bonds is 5. The van der Waals surface area contributed by atoms with E-state index in [1.54, 1.807) is 12.1 Å². The predicted molar refractivity (Wildman–Crippen MR) is 93.0 cm³/mol. The van der Waals surface area contributed by atoms with Gasteiger partial charge in [-0.1, -0.05) is 49.2 Å². The summed E-state index contributed by atoms with van der Waals surface area (Å²) in [6.45, 7) is 0.570. The molecule has 0 aromatic heterocycles. The number of nitrogens with zero attached hydrogens (tertiary/aromatic N) is 1. The maximum Gasteiger partial charge on any atom is 0.251 e. The number of hydrogen-bond acceptors (Lipinski definition) is 4. The molecule has 2 aromatic carbocycles. The van der Waals surface area contributed by atoms with E-state index in [0.29, 0.717) is 12.1 Å². The number of benzene rings is 2. The minimum Gasteiger partial charge on any atom is -0.733 e. The van der Waals surface area contributed by atoms with Crippen LogP contribution in [0, 0.1) is 5.21 Å². The molecule has 5 heteroatoms. The Morgan fingerprint density at radius 1 is 1.12 bits per heavy atom. The van der Waals surface area contributed by atoms with Crippen molar-refractivity contribution in [1.82, 2.24) is 5.32 Å². The molecule has 5 nitrogen and oxygen atoms in total. The molecule has 0 saturated heterocycles. The molecule has 2 aromatic rings. The fraction of sp³-hybridized carbons (Fsp3) is 0.316. The molecule has 0 bridgehead atoms. The van der Waals surface area contributed by atoms with Crippen LogP contribution in [-0.2, 0) is 5.41 Å². The van der Waals surface area contributed by atoms with Gasteiger partial charge in [-0.15, -0.1) is 0 Å². The van der Waals surface area contributed by atoms with E-state index in [9.17, 15) is 10.0 Å². The lowest BCUT2D eigenvalue weighted by Gasteiger charge is -2.30. The maximum absolute atomic E-state index is 12.4. The third kappa shape index (κ3) is 3.42. The number of hydrogen-bond donors (Lipinski definition) is 2. The van der Waals surface area contributed by atoms with Crippen molar-refractivity contribution in [2.24, 2.45) is 0 Å². The van der Waals surface area contributed by atoms with Crippen LogP contribution in [0.2, 0.25) is 0 Å². The fourth-order valence-corrected chi connectivity index (χ4v) is 3.53. The summed E-state index contributed by atoms with van der Waals surface area (Å²) in [4.78, 5) is 12.4. The average Bonchev–Trinajstić information content (AvgIpc) is 3.11. The number of carbonyl (C=O) groups excluding carboxylic acids is 1. The van der Waals surface area contributed by atoms with E-state index in [1.165, 1.54) is 17.7 Å². The largest absolute Gasteiger partial charge is 0.733 e. The predicted octanol–water partition coefficient (Wildman–Crippen LogP) is 3.62. The summed E-state index contributed by atoms with van der Waals surface area (Å²) in [6.07, 6.45) is 4.44. The van der Waals surface area contributed by atoms with Crippen LogP contribution < -0.4 is 10.5 Å². The summed E-state index contributed by atoms with van der Waals surface area (Å²) in [5.41, 5.74) is 1.65. The molecule has 0 atom stereocenters. The van der Waals surface area contributed by atoms with Crippen LogP contribution >= 0.6 is 0 Å². The van der Waals surface area contributed by atoms with Crippen LogP contribution in [0.3, 0.4) is 0 Å². The van der Waals surface area contributed by atoms with Crippen LogP contribution in [0.15, 0.2) is 54.6 Å². The molecule has 1 amide bonds. The highest BCUT2D eigenvalue weighted by Gasteiger charge is 2.35. The summed E-state index contributed by atoms with van der Waals surface area (Å²) in [7, 11) is 0. The Morgan fingerprint density at radius 3 is 2.50 bits per heavy atom. The maximum atomic E-state index is 12.4. The summed E-state index contributed by atoms with van der Waals surface area (Å²) in [5, 5.41) is 22.7. The molecule has 3 rings (SSSR count). The van der Waals surface area contributed by atoms with Crippen molar-refractivity contribution in [2.45, 2.75) is 31.1 Å². The first-order valence-electron chi connectivity index (χ1n) is 8.21. The lowest BCUT2D eigenvalue weighted by molar-refractivity contribution is 0.0943. The van der Waals surface area contributed by atoms with Gasteiger partial charge in [-0.05, 0) is 36.6 Å². The average molecular weight is 325 g/mol. The van der Waals surface area contributed by atoms with E-state index < -0.39 is 0 Å². The highest BCUT2D eigenvalue weighted by atomic mass is 16.8. The monoisotopic (exact) mass is 325 g/mol. The summed E-state index contributed by atoms with van der Waals surface area (Å²) < 4.78 is 0. The number of anilines is 1. The minimum atomic E-state index is -0.237. The summed E-state index contributed by atoms with van der Waals surface area (Å²) in [6, 6.07) is 16.4. The molecule has 0 aliphatic heterocycles. The Morgan fingerprint density at radius 2 is 1.83 bits per heavy atom. The first-order chi connectivity index (χ1) is 11.6. The molecule has 1 aliphatic carbocycles. The van der Waals surface area contributed by atoms with Crippen LogP contribution in [0.1, 0.15) is 41.6 Å². The molecule has 0 radical (unpaired) electrons. The molecular formula is C19H21N2O3-. The van der Waals surface area contributed by atoms with E-state index in [1.807, 2.05) is 18.2 Å². The van der Waals surface area contributed by atoms with Crippen molar-refractivity contribution in [3.05, 3.63) is 70.9 Å². The van der Waals surface area contributed by atoms with Gasteiger partial charge < -0.3 is 15.8 Å². The molecule has 24 heavy (non-hydrogen) atoms. The van der Waals surface area contributed by atoms with Gasteiger partial charge in [-0.3, -0.25) is 10.0 Å². The lowest BCUT2D eigenvalue weighted by atomic mass is 9.79. The van der Waals surface area contributed by atoms with Crippen molar-refractivity contribution in [3.63, 3.8) is 0 Å².